The average Bonchev–Trinajstić information content (AvgIpc) is 2.97. The summed E-state index contributed by atoms with van der Waals surface area (Å²) >= 11 is 0. The number of hydrogen-bond donors (Lipinski definition) is 1. The van der Waals surface area contributed by atoms with Crippen LogP contribution in [0, 0.1) is 0 Å². The fourth-order valence-electron chi connectivity index (χ4n) is 1.33. The molecule has 9 heteroatoms. The van der Waals surface area contributed by atoms with Gasteiger partial charge in [-0.2, -0.15) is 18.3 Å². The predicted octanol–water partition coefficient (Wildman–Crippen LogP) is 2.09. The summed E-state index contributed by atoms with van der Waals surface area (Å²) < 4.78 is 42.6. The molecule has 0 saturated carbocycles. The number of rotatable bonds is 3. The quantitative estimate of drug-likeness (QED) is 0.930. The van der Waals surface area contributed by atoms with E-state index in [-0.39, 0.29) is 5.82 Å². The molecule has 0 aliphatic heterocycles. The van der Waals surface area contributed by atoms with E-state index in [4.69, 9.17) is 0 Å². The van der Waals surface area contributed by atoms with E-state index >= 15 is 0 Å². The van der Waals surface area contributed by atoms with Crippen LogP contribution in [0.5, 0.6) is 0 Å². The number of anilines is 1. The Balaban J connectivity index is 2.09. The predicted molar refractivity (Wildman–Crippen MR) is 57.1 cm³/mol. The Morgan fingerprint density at radius 2 is 2.21 bits per heavy atom. The minimum atomic E-state index is -4.53. The molecule has 6 nitrogen and oxygen atoms in total. The number of halogens is 3. The maximum absolute atomic E-state index is 12.4. The second-order valence-corrected chi connectivity index (χ2v) is 3.73. The number of aromatic nitrogens is 3. The monoisotopic (exact) mass is 274 g/mol. The third-order valence-corrected chi connectivity index (χ3v) is 2.36. The first kappa shape index (κ1) is 13.1. The second-order valence-electron chi connectivity index (χ2n) is 3.73. The van der Waals surface area contributed by atoms with Crippen LogP contribution in [0.25, 0.3) is 0 Å². The lowest BCUT2D eigenvalue weighted by molar-refractivity contribution is -0.141. The Hall–Kier alpha value is -2.32. The van der Waals surface area contributed by atoms with E-state index in [9.17, 15) is 18.0 Å². The van der Waals surface area contributed by atoms with Crippen molar-refractivity contribution in [3.63, 3.8) is 0 Å². The van der Waals surface area contributed by atoms with Gasteiger partial charge in [0, 0.05) is 12.3 Å². The van der Waals surface area contributed by atoms with E-state index in [2.05, 4.69) is 20.1 Å². The Morgan fingerprint density at radius 3 is 2.74 bits per heavy atom. The van der Waals surface area contributed by atoms with Crippen LogP contribution < -0.4 is 5.32 Å². The van der Waals surface area contributed by atoms with Gasteiger partial charge in [0.2, 0.25) is 5.91 Å². The highest BCUT2D eigenvalue weighted by molar-refractivity contribution is 5.92. The fraction of sp³-hybridized carbons (Fsp3) is 0.300. The first-order valence-electron chi connectivity index (χ1n) is 5.21. The van der Waals surface area contributed by atoms with Crippen LogP contribution in [-0.2, 0) is 11.0 Å². The van der Waals surface area contributed by atoms with Crippen LogP contribution >= 0.6 is 0 Å². The van der Waals surface area contributed by atoms with Gasteiger partial charge >= 0.3 is 6.18 Å². The molecule has 19 heavy (non-hydrogen) atoms. The number of carbonyl (C=O) groups excluding carboxylic acids is 1. The van der Waals surface area contributed by atoms with Crippen molar-refractivity contribution in [2.45, 2.75) is 19.1 Å². The van der Waals surface area contributed by atoms with E-state index in [0.717, 1.165) is 16.9 Å². The van der Waals surface area contributed by atoms with Gasteiger partial charge in [-0.25, -0.2) is 0 Å². The second kappa shape index (κ2) is 4.75. The first-order chi connectivity index (χ1) is 8.88. The van der Waals surface area contributed by atoms with Gasteiger partial charge in [0.15, 0.2) is 11.5 Å². The van der Waals surface area contributed by atoms with Crippen molar-refractivity contribution in [3.05, 3.63) is 30.3 Å². The number of alkyl halides is 3. The summed E-state index contributed by atoms with van der Waals surface area (Å²) in [6, 6.07) is 1.31. The molecular weight excluding hydrogens is 265 g/mol. The van der Waals surface area contributed by atoms with Crippen LogP contribution in [0.2, 0.25) is 0 Å². The number of nitrogens with one attached hydrogen (secondary N) is 1. The Labute approximate surface area is 105 Å². The molecule has 1 unspecified atom stereocenters. The number of amides is 1. The van der Waals surface area contributed by atoms with E-state index in [0.29, 0.717) is 0 Å². The summed E-state index contributed by atoms with van der Waals surface area (Å²) in [4.78, 5) is 11.7. The molecule has 2 aromatic heterocycles. The topological polar surface area (TPSA) is 73.0 Å². The molecule has 0 radical (unpaired) electrons. The summed E-state index contributed by atoms with van der Waals surface area (Å²) in [5.74, 6) is -0.370. The van der Waals surface area contributed by atoms with Crippen LogP contribution in [0.3, 0.4) is 0 Å². The molecule has 0 aliphatic rings. The summed E-state index contributed by atoms with van der Waals surface area (Å²) in [6.45, 7) is 1.42. The molecule has 2 rings (SSSR count). The maximum atomic E-state index is 12.4. The van der Waals surface area contributed by atoms with Gasteiger partial charge in [-0.05, 0) is 13.0 Å². The van der Waals surface area contributed by atoms with Gasteiger partial charge in [-0.3, -0.25) is 9.48 Å². The lowest BCUT2D eigenvalue weighted by atomic mass is 10.3. The molecule has 0 bridgehead atoms. The number of carbonyl (C=O) groups is 1. The summed E-state index contributed by atoms with van der Waals surface area (Å²) in [5.41, 5.74) is -1.05. The minimum Gasteiger partial charge on any atom is -0.363 e. The molecule has 0 spiro atoms. The van der Waals surface area contributed by atoms with Crippen molar-refractivity contribution in [2.24, 2.45) is 0 Å². The standard InChI is InChI=1S/C10H9F3N4O2/c1-6(9(18)14-8-3-5-19-16-8)17-4-2-7(15-17)10(11,12)13/h2-6H,1H3,(H,14,16,18). The number of hydrogen-bond acceptors (Lipinski definition) is 4. The third kappa shape index (κ3) is 2.92. The van der Waals surface area contributed by atoms with Crippen LogP contribution in [0.15, 0.2) is 29.1 Å². The van der Waals surface area contributed by atoms with Crippen LogP contribution in [0.4, 0.5) is 19.0 Å². The average molecular weight is 274 g/mol. The van der Waals surface area contributed by atoms with E-state index in [1.807, 2.05) is 0 Å². The maximum Gasteiger partial charge on any atom is 0.435 e. The highest BCUT2D eigenvalue weighted by Gasteiger charge is 2.34. The Bertz CT molecular complexity index is 562. The largest absolute Gasteiger partial charge is 0.435 e. The first-order valence-corrected chi connectivity index (χ1v) is 5.21. The van der Waals surface area contributed by atoms with E-state index in [1.165, 1.54) is 19.3 Å². The zero-order valence-corrected chi connectivity index (χ0v) is 9.68. The molecule has 1 atom stereocenters. The molecule has 0 aliphatic carbocycles. The smallest absolute Gasteiger partial charge is 0.363 e. The number of nitrogens with zero attached hydrogens (tertiary/aromatic N) is 3. The molecule has 0 aromatic carbocycles. The molecule has 1 N–H and O–H groups in total. The normalized spacial score (nSPS) is 13.3. The fourth-order valence-corrected chi connectivity index (χ4v) is 1.33. The van der Waals surface area contributed by atoms with Gasteiger partial charge in [-0.15, -0.1) is 0 Å². The van der Waals surface area contributed by atoms with Gasteiger partial charge in [0.25, 0.3) is 0 Å². The van der Waals surface area contributed by atoms with Crippen molar-refractivity contribution < 1.29 is 22.5 Å². The van der Waals surface area contributed by atoms with Gasteiger partial charge in [-0.1, -0.05) is 5.16 Å². The molecular formula is C10H9F3N4O2. The molecule has 1 amide bonds. The molecule has 2 aromatic rings. The Morgan fingerprint density at radius 1 is 1.47 bits per heavy atom. The lowest BCUT2D eigenvalue weighted by Gasteiger charge is -2.11. The van der Waals surface area contributed by atoms with Gasteiger partial charge in [0.1, 0.15) is 12.3 Å². The highest BCUT2D eigenvalue weighted by Crippen LogP contribution is 2.27. The zero-order valence-electron chi connectivity index (χ0n) is 9.68. The van der Waals surface area contributed by atoms with Crippen molar-refractivity contribution in [1.82, 2.24) is 14.9 Å². The molecule has 102 valence electrons. The van der Waals surface area contributed by atoms with Gasteiger partial charge < -0.3 is 9.84 Å². The minimum absolute atomic E-state index is 0.181. The Kier molecular flexibility index (Phi) is 3.28. The van der Waals surface area contributed by atoms with Crippen molar-refractivity contribution in [3.8, 4) is 0 Å². The van der Waals surface area contributed by atoms with Gasteiger partial charge in [0.05, 0.1) is 0 Å². The zero-order chi connectivity index (χ0) is 14.0. The van der Waals surface area contributed by atoms with E-state index in [1.54, 1.807) is 0 Å². The molecule has 0 fully saturated rings. The molecule has 0 saturated heterocycles. The van der Waals surface area contributed by atoms with Crippen molar-refractivity contribution >= 4 is 11.7 Å². The van der Waals surface area contributed by atoms with Crippen molar-refractivity contribution in [2.75, 3.05) is 5.32 Å². The van der Waals surface area contributed by atoms with Crippen molar-refractivity contribution in [1.29, 1.82) is 0 Å². The molecule has 2 heterocycles. The van der Waals surface area contributed by atoms with Crippen LogP contribution in [0.1, 0.15) is 18.7 Å². The SMILES string of the molecule is CC(C(=O)Nc1ccon1)n1ccc(C(F)(F)F)n1. The van der Waals surface area contributed by atoms with E-state index < -0.39 is 23.8 Å². The summed E-state index contributed by atoms with van der Waals surface area (Å²) in [7, 11) is 0. The summed E-state index contributed by atoms with van der Waals surface area (Å²) in [6.07, 6.45) is -2.18. The summed E-state index contributed by atoms with van der Waals surface area (Å²) in [5, 5.41) is 9.16. The third-order valence-electron chi connectivity index (χ3n) is 2.36. The lowest BCUT2D eigenvalue weighted by Crippen LogP contribution is -2.24. The van der Waals surface area contributed by atoms with Crippen LogP contribution in [-0.4, -0.2) is 20.8 Å². The highest BCUT2D eigenvalue weighted by atomic mass is 19.4.